The summed E-state index contributed by atoms with van der Waals surface area (Å²) in [5.41, 5.74) is 11.0. The van der Waals surface area contributed by atoms with E-state index in [-0.39, 0.29) is 10.9 Å². The minimum absolute atomic E-state index is 0.0559. The molecular formula is C46H31N3O2. The van der Waals surface area contributed by atoms with Gasteiger partial charge in [0.15, 0.2) is 10.9 Å². The number of hydrogen-bond acceptors (Lipinski definition) is 4. The van der Waals surface area contributed by atoms with Crippen molar-refractivity contribution < 1.29 is 0 Å². The molecule has 0 bridgehead atoms. The molecule has 0 aliphatic carbocycles. The first-order chi connectivity index (χ1) is 24.9. The van der Waals surface area contributed by atoms with Crippen LogP contribution in [0.2, 0.25) is 0 Å². The van der Waals surface area contributed by atoms with E-state index in [1.54, 1.807) is 6.20 Å². The lowest BCUT2D eigenvalue weighted by atomic mass is 9.72. The highest BCUT2D eigenvalue weighted by atomic mass is 16.1. The van der Waals surface area contributed by atoms with Gasteiger partial charge >= 0.3 is 0 Å². The first-order valence-corrected chi connectivity index (χ1v) is 17.2. The van der Waals surface area contributed by atoms with Crippen molar-refractivity contribution in [3.63, 3.8) is 0 Å². The van der Waals surface area contributed by atoms with Gasteiger partial charge in [0, 0.05) is 62.0 Å². The molecule has 0 fully saturated rings. The van der Waals surface area contributed by atoms with Crippen molar-refractivity contribution in [3.8, 4) is 22.3 Å². The molecule has 0 N–H and O–H groups in total. The Morgan fingerprint density at radius 3 is 1.55 bits per heavy atom. The number of para-hydroxylation sites is 3. The molecule has 1 aliphatic rings. The predicted molar refractivity (Wildman–Crippen MR) is 209 cm³/mol. The van der Waals surface area contributed by atoms with Crippen molar-refractivity contribution in [2.24, 2.45) is 0 Å². The second-order valence-electron chi connectivity index (χ2n) is 14.0. The minimum Gasteiger partial charge on any atom is -0.311 e. The van der Waals surface area contributed by atoms with Crippen molar-refractivity contribution >= 4 is 55.2 Å². The number of pyridine rings is 3. The molecule has 0 spiro atoms. The molecule has 0 radical (unpaired) electrons. The van der Waals surface area contributed by atoms with Crippen LogP contribution < -0.4 is 15.8 Å². The fourth-order valence-corrected chi connectivity index (χ4v) is 8.24. The summed E-state index contributed by atoms with van der Waals surface area (Å²) in [6.45, 7) is 4.41. The quantitative estimate of drug-likeness (QED) is 0.137. The molecule has 9 aromatic rings. The summed E-state index contributed by atoms with van der Waals surface area (Å²) in [5, 5.41) is 2.42. The van der Waals surface area contributed by atoms with Crippen LogP contribution in [-0.2, 0) is 5.41 Å². The van der Waals surface area contributed by atoms with E-state index in [4.69, 9.17) is 0 Å². The summed E-state index contributed by atoms with van der Waals surface area (Å²) in [7, 11) is 0. The zero-order chi connectivity index (χ0) is 34.4. The van der Waals surface area contributed by atoms with Gasteiger partial charge in [0.25, 0.3) is 0 Å². The van der Waals surface area contributed by atoms with Gasteiger partial charge in [0.2, 0.25) is 0 Å². The Hall–Kier alpha value is -6.59. The molecule has 0 amide bonds. The Balaban J connectivity index is 1.24. The minimum atomic E-state index is -0.527. The van der Waals surface area contributed by atoms with Crippen LogP contribution in [-0.4, -0.2) is 9.38 Å². The molecule has 0 saturated carbocycles. The van der Waals surface area contributed by atoms with Gasteiger partial charge in [0.1, 0.15) is 0 Å². The third-order valence-corrected chi connectivity index (χ3v) is 10.7. The number of aromatic nitrogens is 2. The third kappa shape index (κ3) is 4.18. The second kappa shape index (κ2) is 10.7. The topological polar surface area (TPSA) is 54.7 Å². The van der Waals surface area contributed by atoms with Gasteiger partial charge < -0.3 is 9.30 Å². The Bertz CT molecular complexity index is 2920. The molecular weight excluding hydrogens is 627 g/mol. The molecule has 0 unspecified atom stereocenters. The van der Waals surface area contributed by atoms with E-state index in [9.17, 15) is 9.59 Å². The SMILES string of the molecule is CC1(C)c2cc(-c3ccc(N(c4ccccc4)c4ccccc4)cc3)cc3c(=O)c4cccc5c(=O)c6cc(-c7cccnc7)cc1c6n(c23)c45. The van der Waals surface area contributed by atoms with Crippen LogP contribution in [0.3, 0.4) is 0 Å². The average molecular weight is 658 g/mol. The van der Waals surface area contributed by atoms with Crippen LogP contribution in [0.1, 0.15) is 25.0 Å². The molecule has 10 rings (SSSR count). The van der Waals surface area contributed by atoms with Crippen LogP contribution in [0.5, 0.6) is 0 Å². The summed E-state index contributed by atoms with van der Waals surface area (Å²) >= 11 is 0. The molecule has 51 heavy (non-hydrogen) atoms. The van der Waals surface area contributed by atoms with Gasteiger partial charge in [-0.15, -0.1) is 0 Å². The zero-order valence-electron chi connectivity index (χ0n) is 28.1. The maximum Gasteiger partial charge on any atom is 0.197 e. The maximum atomic E-state index is 14.5. The normalized spacial score (nSPS) is 13.2. The van der Waals surface area contributed by atoms with Crippen molar-refractivity contribution in [2.75, 3.05) is 4.90 Å². The highest BCUT2D eigenvalue weighted by molar-refractivity contribution is 6.11. The van der Waals surface area contributed by atoms with Crippen molar-refractivity contribution in [1.82, 2.24) is 9.38 Å². The highest BCUT2D eigenvalue weighted by Crippen LogP contribution is 2.47. The molecule has 242 valence electrons. The monoisotopic (exact) mass is 657 g/mol. The number of hydrogen-bond donors (Lipinski definition) is 0. The molecule has 3 aromatic heterocycles. The van der Waals surface area contributed by atoms with Gasteiger partial charge in [0.05, 0.1) is 16.6 Å². The summed E-state index contributed by atoms with van der Waals surface area (Å²) in [6, 6.07) is 47.3. The van der Waals surface area contributed by atoms with Crippen molar-refractivity contribution in [3.05, 3.63) is 183 Å². The second-order valence-corrected chi connectivity index (χ2v) is 14.0. The van der Waals surface area contributed by atoms with Crippen LogP contribution >= 0.6 is 0 Å². The number of rotatable bonds is 5. The Labute approximate surface area is 293 Å². The van der Waals surface area contributed by atoms with Crippen LogP contribution in [0, 0.1) is 0 Å². The van der Waals surface area contributed by atoms with Gasteiger partial charge in [-0.1, -0.05) is 74.5 Å². The fraction of sp³-hybridized carbons (Fsp3) is 0.0652. The summed E-state index contributed by atoms with van der Waals surface area (Å²) < 4.78 is 2.20. The van der Waals surface area contributed by atoms with Crippen molar-refractivity contribution in [1.29, 1.82) is 0 Å². The van der Waals surface area contributed by atoms with E-state index in [0.29, 0.717) is 27.1 Å². The maximum absolute atomic E-state index is 14.5. The number of anilines is 3. The first kappa shape index (κ1) is 29.3. The molecule has 5 nitrogen and oxygen atoms in total. The summed E-state index contributed by atoms with van der Waals surface area (Å²) in [4.78, 5) is 35.4. The van der Waals surface area contributed by atoms with Gasteiger partial charge in [-0.25, -0.2) is 0 Å². The van der Waals surface area contributed by atoms with E-state index in [1.807, 2.05) is 60.8 Å². The first-order valence-electron chi connectivity index (χ1n) is 17.2. The standard InChI is InChI=1S/C46H31N3O2/c1-46(2)39-25-30(28-18-20-34(21-19-28)48(32-12-5-3-6-13-32)33-14-7-4-8-15-33)23-37-42(39)49-41-35(44(37)50)16-9-17-36(41)45(51)38-24-31(26-40(46)43(38)49)29-11-10-22-47-27-29/h3-27H,1-2H3. The van der Waals surface area contributed by atoms with Crippen LogP contribution in [0.15, 0.2) is 162 Å². The number of nitrogens with zero attached hydrogens (tertiary/aromatic N) is 3. The number of benzene rings is 6. The van der Waals surface area contributed by atoms with Gasteiger partial charge in [-0.2, -0.15) is 0 Å². The predicted octanol–water partition coefficient (Wildman–Crippen LogP) is 10.4. The Kier molecular flexibility index (Phi) is 6.16. The lowest BCUT2D eigenvalue weighted by Gasteiger charge is -2.35. The van der Waals surface area contributed by atoms with E-state index in [2.05, 4.69) is 113 Å². The molecule has 6 aromatic carbocycles. The zero-order valence-corrected chi connectivity index (χ0v) is 28.1. The molecule has 5 heteroatoms. The largest absolute Gasteiger partial charge is 0.311 e. The van der Waals surface area contributed by atoms with Crippen molar-refractivity contribution in [2.45, 2.75) is 19.3 Å². The van der Waals surface area contributed by atoms with Crippen LogP contribution in [0.25, 0.3) is 60.3 Å². The van der Waals surface area contributed by atoms with E-state index < -0.39 is 5.41 Å². The molecule has 4 heterocycles. The van der Waals surface area contributed by atoms with E-state index in [0.717, 1.165) is 61.5 Å². The highest BCUT2D eigenvalue weighted by Gasteiger charge is 2.36. The van der Waals surface area contributed by atoms with Crippen LogP contribution in [0.4, 0.5) is 17.1 Å². The molecule has 1 aliphatic heterocycles. The lowest BCUT2D eigenvalue weighted by Crippen LogP contribution is -2.28. The smallest absolute Gasteiger partial charge is 0.197 e. The summed E-state index contributed by atoms with van der Waals surface area (Å²) in [6.07, 6.45) is 3.60. The van der Waals surface area contributed by atoms with Gasteiger partial charge in [-0.05, 0) is 107 Å². The third-order valence-electron chi connectivity index (χ3n) is 10.7. The average Bonchev–Trinajstić information content (AvgIpc) is 3.18. The van der Waals surface area contributed by atoms with E-state index in [1.165, 1.54) is 0 Å². The summed E-state index contributed by atoms with van der Waals surface area (Å²) in [5.74, 6) is 0. The molecule has 0 saturated heterocycles. The molecule has 0 atom stereocenters. The lowest BCUT2D eigenvalue weighted by molar-refractivity contribution is 0.643. The Morgan fingerprint density at radius 2 is 1.02 bits per heavy atom. The Morgan fingerprint density at radius 1 is 0.490 bits per heavy atom. The van der Waals surface area contributed by atoms with Gasteiger partial charge in [-0.3, -0.25) is 14.6 Å². The van der Waals surface area contributed by atoms with E-state index >= 15 is 0 Å². The fourth-order valence-electron chi connectivity index (χ4n) is 8.24.